The molecule has 0 aromatic carbocycles. The average molecular weight is 276 g/mol. The number of nitrogens with zero attached hydrogens (tertiary/aromatic N) is 1. The average Bonchev–Trinajstić information content (AvgIpc) is 2.27. The van der Waals surface area contributed by atoms with E-state index in [1.807, 2.05) is 0 Å². The number of rotatable bonds is 9. The molecule has 0 aromatic rings. The van der Waals surface area contributed by atoms with Crippen LogP contribution in [0.4, 0.5) is 0 Å². The SMILES string of the molecule is CC(O)C(=O)O.CCCCCCCCC[N+](C)(C)C. The Hall–Kier alpha value is -0.610. The molecule has 2 N–H and O–H groups in total. The van der Waals surface area contributed by atoms with Gasteiger partial charge in [-0.25, -0.2) is 4.79 Å². The van der Waals surface area contributed by atoms with Crippen molar-refractivity contribution in [3.05, 3.63) is 0 Å². The van der Waals surface area contributed by atoms with Crippen LogP contribution in [-0.4, -0.2) is 54.5 Å². The molecule has 19 heavy (non-hydrogen) atoms. The molecule has 0 saturated heterocycles. The molecule has 0 bridgehead atoms. The van der Waals surface area contributed by atoms with Gasteiger partial charge < -0.3 is 14.7 Å². The van der Waals surface area contributed by atoms with Crippen LogP contribution in [0.2, 0.25) is 0 Å². The predicted molar refractivity (Wildman–Crippen MR) is 80.2 cm³/mol. The number of aliphatic carboxylic acids is 1. The topological polar surface area (TPSA) is 57.5 Å². The Morgan fingerprint density at radius 1 is 1.00 bits per heavy atom. The van der Waals surface area contributed by atoms with Crippen LogP contribution < -0.4 is 0 Å². The van der Waals surface area contributed by atoms with E-state index in [9.17, 15) is 4.79 Å². The van der Waals surface area contributed by atoms with Gasteiger partial charge in [-0.2, -0.15) is 0 Å². The highest BCUT2D eigenvalue weighted by Gasteiger charge is 2.04. The molecule has 0 saturated carbocycles. The number of carbonyl (C=O) groups is 1. The van der Waals surface area contributed by atoms with Gasteiger partial charge in [-0.15, -0.1) is 0 Å². The molecule has 1 unspecified atom stereocenters. The molecular weight excluding hydrogens is 242 g/mol. The van der Waals surface area contributed by atoms with Crippen molar-refractivity contribution in [3.8, 4) is 0 Å². The molecule has 0 fully saturated rings. The first-order valence-corrected chi connectivity index (χ1v) is 7.42. The Balaban J connectivity index is 0. The molecular formula is C15H34NO3+. The number of hydrogen-bond acceptors (Lipinski definition) is 2. The standard InChI is InChI=1S/C12H28N.C3H6O3/c1-5-6-7-8-9-10-11-12-13(2,3)4;1-2(4)3(5)6/h5-12H2,1-4H3;2,4H,1H3,(H,5,6)/q+1;. The maximum atomic E-state index is 9.45. The van der Waals surface area contributed by atoms with Gasteiger partial charge in [0.25, 0.3) is 0 Å². The van der Waals surface area contributed by atoms with Crippen molar-refractivity contribution in [2.75, 3.05) is 27.7 Å². The van der Waals surface area contributed by atoms with Gasteiger partial charge in [0.1, 0.15) is 6.10 Å². The van der Waals surface area contributed by atoms with Gasteiger partial charge in [-0.3, -0.25) is 0 Å². The van der Waals surface area contributed by atoms with Crippen LogP contribution in [0, 0.1) is 0 Å². The first-order valence-electron chi connectivity index (χ1n) is 7.42. The number of unbranched alkanes of at least 4 members (excludes halogenated alkanes) is 6. The summed E-state index contributed by atoms with van der Waals surface area (Å²) in [5, 5.41) is 15.8. The zero-order chi connectivity index (χ0) is 15.3. The van der Waals surface area contributed by atoms with E-state index >= 15 is 0 Å². The third-order valence-corrected chi connectivity index (χ3v) is 2.79. The predicted octanol–water partition coefficient (Wildman–Crippen LogP) is 2.90. The van der Waals surface area contributed by atoms with Gasteiger partial charge in [0.2, 0.25) is 0 Å². The third-order valence-electron chi connectivity index (χ3n) is 2.79. The van der Waals surface area contributed by atoms with Crippen molar-refractivity contribution in [3.63, 3.8) is 0 Å². The van der Waals surface area contributed by atoms with Crippen LogP contribution in [0.15, 0.2) is 0 Å². The van der Waals surface area contributed by atoms with Crippen molar-refractivity contribution in [2.24, 2.45) is 0 Å². The summed E-state index contributed by atoms with van der Waals surface area (Å²) in [4.78, 5) is 9.45. The number of aliphatic hydroxyl groups is 1. The molecule has 0 aliphatic heterocycles. The molecule has 4 nitrogen and oxygen atoms in total. The Kier molecular flexibility index (Phi) is 13.5. The van der Waals surface area contributed by atoms with Crippen molar-refractivity contribution >= 4 is 5.97 Å². The highest BCUT2D eigenvalue weighted by atomic mass is 16.4. The summed E-state index contributed by atoms with van der Waals surface area (Å²) in [7, 11) is 6.82. The Labute approximate surface area is 119 Å². The lowest BCUT2D eigenvalue weighted by Gasteiger charge is -2.23. The lowest BCUT2D eigenvalue weighted by Crippen LogP contribution is -2.35. The molecule has 4 heteroatoms. The molecule has 0 heterocycles. The molecule has 0 rings (SSSR count). The van der Waals surface area contributed by atoms with Crippen LogP contribution in [0.1, 0.15) is 58.8 Å². The van der Waals surface area contributed by atoms with E-state index in [4.69, 9.17) is 10.2 Å². The summed E-state index contributed by atoms with van der Waals surface area (Å²) in [5.41, 5.74) is 0. The van der Waals surface area contributed by atoms with Gasteiger partial charge in [-0.1, -0.05) is 39.0 Å². The van der Waals surface area contributed by atoms with E-state index in [2.05, 4.69) is 28.1 Å². The Bertz CT molecular complexity index is 210. The van der Waals surface area contributed by atoms with Crippen LogP contribution in [0.3, 0.4) is 0 Å². The number of hydrogen-bond donors (Lipinski definition) is 2. The second kappa shape index (κ2) is 12.4. The molecule has 0 radical (unpaired) electrons. The lowest BCUT2D eigenvalue weighted by atomic mass is 10.1. The second-order valence-electron chi connectivity index (χ2n) is 6.15. The van der Waals surface area contributed by atoms with Crippen molar-refractivity contribution in [1.82, 2.24) is 0 Å². The monoisotopic (exact) mass is 276 g/mol. The van der Waals surface area contributed by atoms with E-state index in [1.54, 1.807) is 0 Å². The minimum Gasteiger partial charge on any atom is -0.479 e. The van der Waals surface area contributed by atoms with Crippen LogP contribution in [-0.2, 0) is 4.79 Å². The smallest absolute Gasteiger partial charge is 0.332 e. The first kappa shape index (κ1) is 20.7. The zero-order valence-corrected chi connectivity index (χ0v) is 13.5. The van der Waals surface area contributed by atoms with Crippen molar-refractivity contribution in [2.45, 2.75) is 64.9 Å². The minimum absolute atomic E-state index is 1.12. The largest absolute Gasteiger partial charge is 0.479 e. The van der Waals surface area contributed by atoms with Gasteiger partial charge in [0.15, 0.2) is 0 Å². The first-order chi connectivity index (χ1) is 8.70. The Morgan fingerprint density at radius 2 is 1.37 bits per heavy atom. The highest BCUT2D eigenvalue weighted by molar-refractivity contribution is 5.71. The number of carboxylic acids is 1. The summed E-state index contributed by atoms with van der Waals surface area (Å²) >= 11 is 0. The summed E-state index contributed by atoms with van der Waals surface area (Å²) < 4.78 is 1.12. The summed E-state index contributed by atoms with van der Waals surface area (Å²) in [5.74, 6) is -1.19. The molecule has 116 valence electrons. The van der Waals surface area contributed by atoms with Crippen LogP contribution in [0.5, 0.6) is 0 Å². The zero-order valence-electron chi connectivity index (χ0n) is 13.5. The van der Waals surface area contributed by atoms with Crippen molar-refractivity contribution < 1.29 is 19.5 Å². The molecule has 0 aromatic heterocycles. The number of aliphatic hydroxyl groups excluding tert-OH is 1. The highest BCUT2D eigenvalue weighted by Crippen LogP contribution is 2.07. The van der Waals surface area contributed by atoms with Crippen LogP contribution >= 0.6 is 0 Å². The fourth-order valence-corrected chi connectivity index (χ4v) is 1.54. The molecule has 0 aliphatic rings. The minimum atomic E-state index is -1.23. The number of quaternary nitrogens is 1. The van der Waals surface area contributed by atoms with E-state index < -0.39 is 12.1 Å². The van der Waals surface area contributed by atoms with Gasteiger partial charge >= 0.3 is 5.97 Å². The van der Waals surface area contributed by atoms with Gasteiger partial charge in [-0.05, 0) is 19.8 Å². The number of carboxylic acid groups (broad SMARTS) is 1. The maximum absolute atomic E-state index is 9.45. The second-order valence-corrected chi connectivity index (χ2v) is 6.15. The maximum Gasteiger partial charge on any atom is 0.332 e. The normalized spacial score (nSPS) is 12.5. The Morgan fingerprint density at radius 3 is 1.68 bits per heavy atom. The van der Waals surface area contributed by atoms with E-state index in [0.717, 1.165) is 4.48 Å². The van der Waals surface area contributed by atoms with Gasteiger partial charge in [0.05, 0.1) is 27.7 Å². The van der Waals surface area contributed by atoms with E-state index in [-0.39, 0.29) is 0 Å². The van der Waals surface area contributed by atoms with E-state index in [0.29, 0.717) is 0 Å². The van der Waals surface area contributed by atoms with E-state index in [1.165, 1.54) is 58.4 Å². The summed E-state index contributed by atoms with van der Waals surface area (Å²) in [6, 6.07) is 0. The molecule has 0 spiro atoms. The third kappa shape index (κ3) is 23.0. The summed E-state index contributed by atoms with van der Waals surface area (Å²) in [6.45, 7) is 4.80. The lowest BCUT2D eigenvalue weighted by molar-refractivity contribution is -0.870. The molecule has 1 atom stereocenters. The van der Waals surface area contributed by atoms with Crippen molar-refractivity contribution in [1.29, 1.82) is 0 Å². The van der Waals surface area contributed by atoms with Gasteiger partial charge in [0, 0.05) is 0 Å². The summed E-state index contributed by atoms with van der Waals surface area (Å²) in [6.07, 6.45) is 8.72. The fraction of sp³-hybridized carbons (Fsp3) is 0.933. The quantitative estimate of drug-likeness (QED) is 0.503. The van der Waals surface area contributed by atoms with Crippen LogP contribution in [0.25, 0.3) is 0 Å². The molecule has 0 amide bonds. The fourth-order valence-electron chi connectivity index (χ4n) is 1.54. The molecule has 0 aliphatic carbocycles.